The van der Waals surface area contributed by atoms with E-state index < -0.39 is 22.9 Å². The molecule has 4 heteroatoms. The van der Waals surface area contributed by atoms with Gasteiger partial charge in [0, 0.05) is 11.1 Å². The number of phenolic OH excluding ortho intramolecular Hbond substituents is 2. The zero-order chi connectivity index (χ0) is 12.6. The van der Waals surface area contributed by atoms with Gasteiger partial charge in [-0.05, 0) is 31.4 Å². The molecule has 0 amide bonds. The maximum absolute atomic E-state index is 14.0. The lowest BCUT2D eigenvalue weighted by Gasteiger charge is -2.34. The van der Waals surface area contributed by atoms with Crippen molar-refractivity contribution >= 4 is 0 Å². The molecular formula is C13H18FNO2. The summed E-state index contributed by atoms with van der Waals surface area (Å²) in [7, 11) is 0. The molecule has 0 heterocycles. The summed E-state index contributed by atoms with van der Waals surface area (Å²) in [6, 6.07) is 1.55. The second-order valence-electron chi connectivity index (χ2n) is 4.97. The SMILES string of the molecule is Cc1cc(C2(N)CCCCC2)c(F)c(O)c1O. The normalized spacial score (nSPS) is 19.2. The minimum Gasteiger partial charge on any atom is -0.504 e. The highest BCUT2D eigenvalue weighted by molar-refractivity contribution is 5.50. The van der Waals surface area contributed by atoms with E-state index in [0.717, 1.165) is 19.3 Å². The highest BCUT2D eigenvalue weighted by Gasteiger charge is 2.34. The van der Waals surface area contributed by atoms with E-state index in [4.69, 9.17) is 5.73 Å². The monoisotopic (exact) mass is 239 g/mol. The molecule has 94 valence electrons. The highest BCUT2D eigenvalue weighted by atomic mass is 19.1. The first-order valence-electron chi connectivity index (χ1n) is 5.96. The first-order chi connectivity index (χ1) is 7.96. The van der Waals surface area contributed by atoms with Gasteiger partial charge < -0.3 is 15.9 Å². The quantitative estimate of drug-likeness (QED) is 0.660. The Morgan fingerprint density at radius 3 is 2.35 bits per heavy atom. The van der Waals surface area contributed by atoms with Crippen molar-refractivity contribution in [2.75, 3.05) is 0 Å². The second-order valence-corrected chi connectivity index (χ2v) is 4.97. The number of hydrogen-bond acceptors (Lipinski definition) is 3. The fourth-order valence-electron chi connectivity index (χ4n) is 2.58. The molecule has 2 rings (SSSR count). The molecule has 0 aliphatic heterocycles. The van der Waals surface area contributed by atoms with E-state index in [1.54, 1.807) is 13.0 Å². The molecule has 17 heavy (non-hydrogen) atoms. The van der Waals surface area contributed by atoms with Crippen LogP contribution in [0.1, 0.15) is 43.2 Å². The lowest BCUT2D eigenvalue weighted by Crippen LogP contribution is -2.39. The summed E-state index contributed by atoms with van der Waals surface area (Å²) in [5, 5.41) is 19.0. The summed E-state index contributed by atoms with van der Waals surface area (Å²) in [6.07, 6.45) is 4.48. The van der Waals surface area contributed by atoms with Gasteiger partial charge in [-0.2, -0.15) is 0 Å². The molecule has 1 fully saturated rings. The van der Waals surface area contributed by atoms with Crippen LogP contribution in [0.4, 0.5) is 4.39 Å². The predicted molar refractivity (Wildman–Crippen MR) is 63.4 cm³/mol. The molecule has 0 saturated heterocycles. The highest BCUT2D eigenvalue weighted by Crippen LogP contribution is 2.42. The number of aryl methyl sites for hydroxylation is 1. The number of hydrogen-bond donors (Lipinski definition) is 3. The minimum absolute atomic E-state index is 0.324. The van der Waals surface area contributed by atoms with Crippen LogP contribution in [0.5, 0.6) is 11.5 Å². The van der Waals surface area contributed by atoms with Gasteiger partial charge in [-0.1, -0.05) is 19.3 Å². The summed E-state index contributed by atoms with van der Waals surface area (Å²) in [4.78, 5) is 0. The van der Waals surface area contributed by atoms with E-state index in [2.05, 4.69) is 0 Å². The van der Waals surface area contributed by atoms with Gasteiger partial charge in [-0.3, -0.25) is 0 Å². The van der Waals surface area contributed by atoms with Crippen LogP contribution in [0.25, 0.3) is 0 Å². The summed E-state index contributed by atoms with van der Waals surface area (Å²) in [5.41, 5.74) is 6.30. The van der Waals surface area contributed by atoms with Gasteiger partial charge in [0.15, 0.2) is 17.3 Å². The van der Waals surface area contributed by atoms with Crippen molar-refractivity contribution in [3.63, 3.8) is 0 Å². The van der Waals surface area contributed by atoms with Crippen molar-refractivity contribution in [3.8, 4) is 11.5 Å². The van der Waals surface area contributed by atoms with E-state index in [9.17, 15) is 14.6 Å². The van der Waals surface area contributed by atoms with E-state index in [-0.39, 0.29) is 0 Å². The van der Waals surface area contributed by atoms with Crippen LogP contribution in [-0.2, 0) is 5.54 Å². The molecule has 3 nitrogen and oxygen atoms in total. The van der Waals surface area contributed by atoms with Crippen LogP contribution in [0.15, 0.2) is 6.07 Å². The molecule has 1 aliphatic carbocycles. The topological polar surface area (TPSA) is 66.5 Å². The van der Waals surface area contributed by atoms with Gasteiger partial charge in [0.1, 0.15) is 0 Å². The number of rotatable bonds is 1. The van der Waals surface area contributed by atoms with Crippen molar-refractivity contribution < 1.29 is 14.6 Å². The largest absolute Gasteiger partial charge is 0.504 e. The molecule has 1 aliphatic rings. The van der Waals surface area contributed by atoms with Crippen molar-refractivity contribution in [2.24, 2.45) is 5.73 Å². The zero-order valence-corrected chi connectivity index (χ0v) is 9.96. The standard InChI is InChI=1S/C13H18FNO2/c1-8-7-9(10(14)12(17)11(8)16)13(15)5-3-2-4-6-13/h7,16-17H,2-6,15H2,1H3. The molecule has 0 spiro atoms. The maximum Gasteiger partial charge on any atom is 0.194 e. The van der Waals surface area contributed by atoms with Gasteiger partial charge in [0.2, 0.25) is 0 Å². The van der Waals surface area contributed by atoms with Gasteiger partial charge >= 0.3 is 0 Å². The van der Waals surface area contributed by atoms with Crippen LogP contribution in [0.3, 0.4) is 0 Å². The van der Waals surface area contributed by atoms with Crippen LogP contribution >= 0.6 is 0 Å². The van der Waals surface area contributed by atoms with E-state index in [0.29, 0.717) is 24.0 Å². The average Bonchev–Trinajstić information content (AvgIpc) is 2.32. The number of benzene rings is 1. The molecule has 1 aromatic rings. The van der Waals surface area contributed by atoms with E-state index in [1.165, 1.54) is 0 Å². The Hall–Kier alpha value is -1.29. The molecule has 4 N–H and O–H groups in total. The lowest BCUT2D eigenvalue weighted by atomic mass is 9.76. The summed E-state index contributed by atoms with van der Waals surface area (Å²) in [5.74, 6) is -1.86. The average molecular weight is 239 g/mol. The molecule has 0 bridgehead atoms. The summed E-state index contributed by atoms with van der Waals surface area (Å²) in [6.45, 7) is 1.63. The Bertz CT molecular complexity index is 440. The van der Waals surface area contributed by atoms with Gasteiger partial charge in [0.25, 0.3) is 0 Å². The Kier molecular flexibility index (Phi) is 3.00. The molecule has 0 atom stereocenters. The first kappa shape index (κ1) is 12.2. The molecule has 1 aromatic carbocycles. The number of aromatic hydroxyl groups is 2. The second kappa shape index (κ2) is 4.18. The molecule has 1 saturated carbocycles. The number of nitrogens with two attached hydrogens (primary N) is 1. The van der Waals surface area contributed by atoms with Crippen LogP contribution < -0.4 is 5.73 Å². The van der Waals surface area contributed by atoms with Crippen molar-refractivity contribution in [1.29, 1.82) is 0 Å². The molecule has 0 aromatic heterocycles. The van der Waals surface area contributed by atoms with Crippen LogP contribution in [0, 0.1) is 12.7 Å². The van der Waals surface area contributed by atoms with E-state index in [1.807, 2.05) is 0 Å². The molecular weight excluding hydrogens is 221 g/mol. The third kappa shape index (κ3) is 1.97. The number of phenols is 2. The smallest absolute Gasteiger partial charge is 0.194 e. The predicted octanol–water partition coefficient (Wildman–Crippen LogP) is 2.66. The minimum atomic E-state index is -0.780. The summed E-state index contributed by atoms with van der Waals surface area (Å²) >= 11 is 0. The Morgan fingerprint density at radius 2 is 1.76 bits per heavy atom. The third-order valence-corrected chi connectivity index (χ3v) is 3.69. The lowest BCUT2D eigenvalue weighted by molar-refractivity contribution is 0.286. The fraction of sp³-hybridized carbons (Fsp3) is 0.538. The first-order valence-corrected chi connectivity index (χ1v) is 5.96. The van der Waals surface area contributed by atoms with Crippen LogP contribution in [-0.4, -0.2) is 10.2 Å². The maximum atomic E-state index is 14.0. The Morgan fingerprint density at radius 1 is 1.18 bits per heavy atom. The van der Waals surface area contributed by atoms with Crippen molar-refractivity contribution in [3.05, 3.63) is 23.0 Å². The molecule has 0 unspecified atom stereocenters. The zero-order valence-electron chi connectivity index (χ0n) is 9.96. The number of halogens is 1. The molecule has 0 radical (unpaired) electrons. The van der Waals surface area contributed by atoms with Crippen molar-refractivity contribution in [2.45, 2.75) is 44.6 Å². The summed E-state index contributed by atoms with van der Waals surface area (Å²) < 4.78 is 14.0. The van der Waals surface area contributed by atoms with Crippen molar-refractivity contribution in [1.82, 2.24) is 0 Å². The van der Waals surface area contributed by atoms with E-state index >= 15 is 0 Å². The Balaban J connectivity index is 2.51. The van der Waals surface area contributed by atoms with Gasteiger partial charge in [0.05, 0.1) is 0 Å². The fourth-order valence-corrected chi connectivity index (χ4v) is 2.58. The van der Waals surface area contributed by atoms with Crippen LogP contribution in [0.2, 0.25) is 0 Å². The third-order valence-electron chi connectivity index (χ3n) is 3.69. The Labute approximate surface area is 100 Å². The van der Waals surface area contributed by atoms with Gasteiger partial charge in [-0.25, -0.2) is 4.39 Å². The van der Waals surface area contributed by atoms with Gasteiger partial charge in [-0.15, -0.1) is 0 Å².